The van der Waals surface area contributed by atoms with Gasteiger partial charge < -0.3 is 19.9 Å². The molecule has 8 nitrogen and oxygen atoms in total. The maximum absolute atomic E-state index is 13.3. The third-order valence-corrected chi connectivity index (χ3v) is 8.14. The molecule has 0 spiro atoms. The number of hydroxylamine groups is 4. The van der Waals surface area contributed by atoms with Gasteiger partial charge in [-0.3, -0.25) is 9.59 Å². The van der Waals surface area contributed by atoms with E-state index >= 15 is 0 Å². The molecule has 2 N–H and O–H groups in total. The zero-order valence-electron chi connectivity index (χ0n) is 22.4. The van der Waals surface area contributed by atoms with Gasteiger partial charge in [-0.25, -0.2) is 0 Å². The van der Waals surface area contributed by atoms with E-state index in [1.54, 1.807) is 0 Å². The number of hydrogen-bond donors (Lipinski definition) is 2. The molecule has 1 saturated carbocycles. The number of hydrogen-bond acceptors (Lipinski definition) is 8. The summed E-state index contributed by atoms with van der Waals surface area (Å²) in [7, 11) is 0. The van der Waals surface area contributed by atoms with Gasteiger partial charge in [0.05, 0.1) is 11.8 Å². The van der Waals surface area contributed by atoms with Crippen LogP contribution in [-0.2, 0) is 19.1 Å². The topological polar surface area (TPSA) is 99.5 Å². The SMILES string of the molecule is CC1(C)CC(OC(=O)C2CCCCC2C(=O)OC2CC(C)(C)N(O)C(C)(C)C2)CC(C)(C)N1O. The zero-order valence-corrected chi connectivity index (χ0v) is 22.4. The summed E-state index contributed by atoms with van der Waals surface area (Å²) >= 11 is 0. The van der Waals surface area contributed by atoms with Crippen molar-refractivity contribution in [2.75, 3.05) is 0 Å². The Morgan fingerprint density at radius 2 is 0.882 bits per heavy atom. The molecule has 0 bridgehead atoms. The minimum atomic E-state index is -0.515. The van der Waals surface area contributed by atoms with Crippen LogP contribution in [-0.4, -0.2) is 66.8 Å². The first-order valence-corrected chi connectivity index (χ1v) is 12.9. The van der Waals surface area contributed by atoms with Crippen LogP contribution in [0.2, 0.25) is 0 Å². The molecule has 3 rings (SSSR count). The van der Waals surface area contributed by atoms with E-state index in [1.807, 2.05) is 55.4 Å². The molecule has 34 heavy (non-hydrogen) atoms. The van der Waals surface area contributed by atoms with Gasteiger partial charge in [0.25, 0.3) is 0 Å². The molecule has 0 aromatic rings. The van der Waals surface area contributed by atoms with Crippen molar-refractivity contribution in [3.05, 3.63) is 0 Å². The van der Waals surface area contributed by atoms with Crippen molar-refractivity contribution in [2.45, 2.75) is 141 Å². The molecular weight excluding hydrogens is 436 g/mol. The Kier molecular flexibility index (Phi) is 7.52. The Bertz CT molecular complexity index is 677. The van der Waals surface area contributed by atoms with Gasteiger partial charge in [0.15, 0.2) is 0 Å². The van der Waals surface area contributed by atoms with Gasteiger partial charge in [-0.1, -0.05) is 12.8 Å². The second-order valence-corrected chi connectivity index (χ2v) is 13.3. The fourth-order valence-electron chi connectivity index (χ4n) is 6.72. The highest BCUT2D eigenvalue weighted by Crippen LogP contribution is 2.41. The Labute approximate surface area is 204 Å². The van der Waals surface area contributed by atoms with E-state index in [-0.39, 0.29) is 24.1 Å². The highest BCUT2D eigenvalue weighted by atomic mass is 16.6. The summed E-state index contributed by atoms with van der Waals surface area (Å²) in [6.07, 6.45) is 4.53. The molecule has 0 aromatic carbocycles. The molecule has 0 radical (unpaired) electrons. The quantitative estimate of drug-likeness (QED) is 0.556. The molecule has 0 amide bonds. The predicted molar refractivity (Wildman–Crippen MR) is 127 cm³/mol. The fourth-order valence-corrected chi connectivity index (χ4v) is 6.72. The summed E-state index contributed by atoms with van der Waals surface area (Å²) < 4.78 is 12.0. The van der Waals surface area contributed by atoms with Crippen LogP contribution < -0.4 is 0 Å². The van der Waals surface area contributed by atoms with Crippen molar-refractivity contribution in [1.82, 2.24) is 10.1 Å². The number of esters is 2. The third-order valence-electron chi connectivity index (χ3n) is 8.14. The highest BCUT2D eigenvalue weighted by molar-refractivity contribution is 5.82. The summed E-state index contributed by atoms with van der Waals surface area (Å²) in [5.41, 5.74) is -2.06. The molecule has 2 heterocycles. The number of nitrogens with zero attached hydrogens (tertiary/aromatic N) is 2. The molecule has 1 aliphatic carbocycles. The zero-order chi connectivity index (χ0) is 25.7. The van der Waals surface area contributed by atoms with E-state index in [0.29, 0.717) is 38.5 Å². The highest BCUT2D eigenvalue weighted by Gasteiger charge is 2.49. The number of rotatable bonds is 4. The predicted octanol–water partition coefficient (Wildman–Crippen LogP) is 4.70. The van der Waals surface area contributed by atoms with Crippen LogP contribution in [0.3, 0.4) is 0 Å². The molecule has 8 heteroatoms. The van der Waals surface area contributed by atoms with Crippen molar-refractivity contribution >= 4 is 11.9 Å². The summed E-state index contributed by atoms with van der Waals surface area (Å²) in [5, 5.41) is 23.8. The molecule has 196 valence electrons. The lowest BCUT2D eigenvalue weighted by atomic mass is 9.78. The normalized spacial score (nSPS) is 32.2. The second kappa shape index (κ2) is 9.34. The summed E-state index contributed by atoms with van der Waals surface area (Å²) in [6.45, 7) is 15.5. The van der Waals surface area contributed by atoms with Crippen LogP contribution in [0.1, 0.15) is 107 Å². The minimum Gasteiger partial charge on any atom is -0.462 e. The van der Waals surface area contributed by atoms with Crippen molar-refractivity contribution < 1.29 is 29.5 Å². The average Bonchev–Trinajstić information content (AvgIpc) is 2.69. The largest absolute Gasteiger partial charge is 0.462 e. The van der Waals surface area contributed by atoms with E-state index < -0.39 is 34.0 Å². The van der Waals surface area contributed by atoms with E-state index in [1.165, 1.54) is 10.1 Å². The minimum absolute atomic E-state index is 0.310. The number of carbonyl (C=O) groups is 2. The maximum Gasteiger partial charge on any atom is 0.310 e. The average molecular weight is 483 g/mol. The number of ether oxygens (including phenoxy) is 2. The van der Waals surface area contributed by atoms with Gasteiger partial charge in [0.1, 0.15) is 12.2 Å². The summed E-state index contributed by atoms with van der Waals surface area (Å²) in [4.78, 5) is 26.6. The van der Waals surface area contributed by atoms with Crippen molar-refractivity contribution in [3.8, 4) is 0 Å². The second-order valence-electron chi connectivity index (χ2n) is 13.3. The standard InChI is InChI=1S/C26H46N2O6/c1-23(2)13-17(14-24(3,4)27(23)31)33-21(29)19-11-9-10-12-20(19)22(30)34-18-15-25(5,6)28(32)26(7,8)16-18/h17-20,31-32H,9-16H2,1-8H3. The van der Waals surface area contributed by atoms with Crippen molar-refractivity contribution in [1.29, 1.82) is 0 Å². The molecule has 0 aromatic heterocycles. The third kappa shape index (κ3) is 5.61. The van der Waals surface area contributed by atoms with Gasteiger partial charge >= 0.3 is 11.9 Å². The molecule has 2 saturated heterocycles. The lowest BCUT2D eigenvalue weighted by molar-refractivity contribution is -0.261. The smallest absolute Gasteiger partial charge is 0.310 e. The van der Waals surface area contributed by atoms with Crippen LogP contribution in [0.15, 0.2) is 0 Å². The van der Waals surface area contributed by atoms with Gasteiger partial charge in [-0.2, -0.15) is 10.1 Å². The van der Waals surface area contributed by atoms with Crippen molar-refractivity contribution in [3.63, 3.8) is 0 Å². The first-order valence-electron chi connectivity index (χ1n) is 12.9. The number of piperidine rings is 2. The van der Waals surface area contributed by atoms with Crippen LogP contribution in [0, 0.1) is 11.8 Å². The van der Waals surface area contributed by atoms with E-state index in [2.05, 4.69) is 0 Å². The lowest BCUT2D eigenvalue weighted by Gasteiger charge is -2.51. The van der Waals surface area contributed by atoms with E-state index in [4.69, 9.17) is 9.47 Å². The Hall–Kier alpha value is -1.22. The molecular formula is C26H46N2O6. The van der Waals surface area contributed by atoms with Crippen LogP contribution in [0.5, 0.6) is 0 Å². The van der Waals surface area contributed by atoms with Gasteiger partial charge in [-0.15, -0.1) is 0 Å². The lowest BCUT2D eigenvalue weighted by Crippen LogP contribution is -2.61. The summed E-state index contributed by atoms with van der Waals surface area (Å²) in [5.74, 6) is -1.65. The van der Waals surface area contributed by atoms with Gasteiger partial charge in [-0.05, 0) is 68.2 Å². The van der Waals surface area contributed by atoms with E-state index in [9.17, 15) is 20.0 Å². The molecule has 2 unspecified atom stereocenters. The molecule has 3 fully saturated rings. The molecule has 2 atom stereocenters. The van der Waals surface area contributed by atoms with Gasteiger partial charge in [0, 0.05) is 47.8 Å². The molecule has 3 aliphatic rings. The van der Waals surface area contributed by atoms with Crippen LogP contribution in [0.4, 0.5) is 0 Å². The van der Waals surface area contributed by atoms with Gasteiger partial charge in [0.2, 0.25) is 0 Å². The molecule has 2 aliphatic heterocycles. The van der Waals surface area contributed by atoms with E-state index in [0.717, 1.165) is 12.8 Å². The monoisotopic (exact) mass is 482 g/mol. The Morgan fingerprint density at radius 1 is 0.618 bits per heavy atom. The fraction of sp³-hybridized carbons (Fsp3) is 0.923. The maximum atomic E-state index is 13.3. The Morgan fingerprint density at radius 3 is 1.15 bits per heavy atom. The van der Waals surface area contributed by atoms with Crippen LogP contribution >= 0.6 is 0 Å². The first-order chi connectivity index (χ1) is 15.5. The number of carbonyl (C=O) groups excluding carboxylic acids is 2. The van der Waals surface area contributed by atoms with Crippen LogP contribution in [0.25, 0.3) is 0 Å². The van der Waals surface area contributed by atoms with Crippen molar-refractivity contribution in [2.24, 2.45) is 11.8 Å². The first kappa shape index (κ1) is 27.4. The Balaban J connectivity index is 1.67. The summed E-state index contributed by atoms with van der Waals surface area (Å²) in [6, 6.07) is 0.